The van der Waals surface area contributed by atoms with E-state index in [4.69, 9.17) is 0 Å². The van der Waals surface area contributed by atoms with Gasteiger partial charge in [0, 0.05) is 17.5 Å². The Morgan fingerprint density at radius 3 is 2.37 bits per heavy atom. The molecule has 0 bridgehead atoms. The number of hydrogen-bond acceptors (Lipinski definition) is 3. The van der Waals surface area contributed by atoms with Crippen molar-refractivity contribution in [1.82, 2.24) is 5.32 Å². The number of benzene rings is 1. The minimum atomic E-state index is -2.99. The maximum absolute atomic E-state index is 11.4. The summed E-state index contributed by atoms with van der Waals surface area (Å²) in [5.74, 6) is 0.168. The zero-order chi connectivity index (χ0) is 14.2. The van der Waals surface area contributed by atoms with Gasteiger partial charge in [-0.3, -0.25) is 0 Å². The summed E-state index contributed by atoms with van der Waals surface area (Å²) in [6.45, 7) is 8.39. The number of hydrogen-bond donors (Lipinski definition) is 1. The first-order valence-corrected chi connectivity index (χ1v) is 8.25. The predicted molar refractivity (Wildman–Crippen MR) is 78.9 cm³/mol. The lowest BCUT2D eigenvalue weighted by atomic mass is 9.96. The van der Waals surface area contributed by atoms with Crippen LogP contribution in [0.1, 0.15) is 35.2 Å². The second-order valence-electron chi connectivity index (χ2n) is 5.45. The van der Waals surface area contributed by atoms with Gasteiger partial charge in [0.15, 0.2) is 9.84 Å². The van der Waals surface area contributed by atoms with Crippen LogP contribution in [0.15, 0.2) is 23.6 Å². The first kappa shape index (κ1) is 14.3. The molecule has 0 fully saturated rings. The van der Waals surface area contributed by atoms with Crippen molar-refractivity contribution in [3.8, 4) is 0 Å². The fourth-order valence-electron chi connectivity index (χ4n) is 2.54. The second-order valence-corrected chi connectivity index (χ2v) is 7.38. The highest BCUT2D eigenvalue weighted by molar-refractivity contribution is 7.94. The lowest BCUT2D eigenvalue weighted by molar-refractivity contribution is 0.533. The number of rotatable bonds is 3. The van der Waals surface area contributed by atoms with Crippen LogP contribution in [-0.2, 0) is 9.84 Å². The largest absolute Gasteiger partial charge is 0.303 e. The molecule has 1 aliphatic heterocycles. The highest BCUT2D eigenvalue weighted by Crippen LogP contribution is 2.23. The van der Waals surface area contributed by atoms with Gasteiger partial charge < -0.3 is 5.32 Å². The Hall–Kier alpha value is -1.13. The van der Waals surface area contributed by atoms with Gasteiger partial charge in [-0.25, -0.2) is 8.42 Å². The molecule has 4 heteroatoms. The Labute approximate surface area is 115 Å². The molecule has 0 saturated carbocycles. The van der Waals surface area contributed by atoms with E-state index >= 15 is 0 Å². The van der Waals surface area contributed by atoms with Crippen molar-refractivity contribution in [2.24, 2.45) is 0 Å². The molecule has 3 nitrogen and oxygen atoms in total. The lowest BCUT2D eigenvalue weighted by Crippen LogP contribution is -2.32. The Morgan fingerprint density at radius 1 is 1.16 bits per heavy atom. The zero-order valence-corrected chi connectivity index (χ0v) is 12.7. The predicted octanol–water partition coefficient (Wildman–Crippen LogP) is 2.57. The quantitative estimate of drug-likeness (QED) is 0.925. The standard InChI is InChI=1S/C15H21NO2S/c1-10-7-12(3)15(8-11(10)2)13(4)16-14-5-6-19(17,18)9-14/h5-8,13-14,16H,9H2,1-4H3. The van der Waals surface area contributed by atoms with Gasteiger partial charge in [-0.05, 0) is 49.9 Å². The van der Waals surface area contributed by atoms with Crippen molar-refractivity contribution < 1.29 is 8.42 Å². The molecule has 2 unspecified atom stereocenters. The number of aryl methyl sites for hydroxylation is 3. The first-order chi connectivity index (χ1) is 8.78. The van der Waals surface area contributed by atoms with Crippen LogP contribution in [0, 0.1) is 20.8 Å². The summed E-state index contributed by atoms with van der Waals surface area (Å²) in [4.78, 5) is 0. The van der Waals surface area contributed by atoms with Crippen molar-refractivity contribution in [1.29, 1.82) is 0 Å². The fourth-order valence-corrected chi connectivity index (χ4v) is 3.79. The highest BCUT2D eigenvalue weighted by atomic mass is 32.2. The first-order valence-electron chi connectivity index (χ1n) is 6.53. The van der Waals surface area contributed by atoms with Gasteiger partial charge in [0.25, 0.3) is 0 Å². The van der Waals surface area contributed by atoms with E-state index in [9.17, 15) is 8.42 Å². The SMILES string of the molecule is Cc1cc(C)c(C(C)NC2C=CS(=O)(=O)C2)cc1C. The Morgan fingerprint density at radius 2 is 1.79 bits per heavy atom. The van der Waals surface area contributed by atoms with Crippen LogP contribution >= 0.6 is 0 Å². The normalized spacial score (nSPS) is 22.6. The molecular formula is C15H21NO2S. The van der Waals surface area contributed by atoms with Crippen molar-refractivity contribution in [2.75, 3.05) is 5.75 Å². The van der Waals surface area contributed by atoms with Gasteiger partial charge in [-0.15, -0.1) is 0 Å². The maximum atomic E-state index is 11.4. The average molecular weight is 279 g/mol. The average Bonchev–Trinajstić information content (AvgIpc) is 2.63. The van der Waals surface area contributed by atoms with Crippen LogP contribution in [0.2, 0.25) is 0 Å². The molecule has 1 N–H and O–H groups in total. The molecule has 1 aliphatic rings. The molecule has 0 aromatic heterocycles. The van der Waals surface area contributed by atoms with E-state index in [1.807, 2.05) is 0 Å². The Kier molecular flexibility index (Phi) is 3.83. The van der Waals surface area contributed by atoms with Crippen LogP contribution in [-0.4, -0.2) is 20.2 Å². The smallest absolute Gasteiger partial charge is 0.173 e. The molecule has 1 heterocycles. The molecule has 0 amide bonds. The van der Waals surface area contributed by atoms with Gasteiger partial charge in [-0.2, -0.15) is 0 Å². The third kappa shape index (κ3) is 3.25. The van der Waals surface area contributed by atoms with Gasteiger partial charge in [0.2, 0.25) is 0 Å². The minimum Gasteiger partial charge on any atom is -0.303 e. The van der Waals surface area contributed by atoms with Crippen LogP contribution < -0.4 is 5.32 Å². The monoisotopic (exact) mass is 279 g/mol. The molecular weight excluding hydrogens is 258 g/mol. The van der Waals surface area contributed by atoms with E-state index in [2.05, 4.69) is 45.1 Å². The van der Waals surface area contributed by atoms with E-state index in [0.29, 0.717) is 0 Å². The fraction of sp³-hybridized carbons (Fsp3) is 0.467. The van der Waals surface area contributed by atoms with Crippen molar-refractivity contribution in [3.63, 3.8) is 0 Å². The van der Waals surface area contributed by atoms with E-state index in [0.717, 1.165) is 0 Å². The molecule has 0 spiro atoms. The maximum Gasteiger partial charge on any atom is 0.173 e. The number of nitrogens with one attached hydrogen (secondary N) is 1. The van der Waals surface area contributed by atoms with Crippen molar-refractivity contribution >= 4 is 9.84 Å². The molecule has 0 radical (unpaired) electrons. The summed E-state index contributed by atoms with van der Waals surface area (Å²) in [6, 6.07) is 4.43. The van der Waals surface area contributed by atoms with E-state index in [-0.39, 0.29) is 17.8 Å². The summed E-state index contributed by atoms with van der Waals surface area (Å²) in [7, 11) is -2.99. The van der Waals surface area contributed by atoms with Crippen LogP contribution in [0.25, 0.3) is 0 Å². The van der Waals surface area contributed by atoms with Crippen LogP contribution in [0.4, 0.5) is 0 Å². The van der Waals surface area contributed by atoms with Gasteiger partial charge in [0.05, 0.1) is 5.75 Å². The third-order valence-electron chi connectivity index (χ3n) is 3.74. The van der Waals surface area contributed by atoms with Gasteiger partial charge in [0.1, 0.15) is 0 Å². The second kappa shape index (κ2) is 5.10. The summed E-state index contributed by atoms with van der Waals surface area (Å²) in [5.41, 5.74) is 5.04. The van der Waals surface area contributed by atoms with E-state index in [1.165, 1.54) is 27.7 Å². The van der Waals surface area contributed by atoms with Crippen LogP contribution in [0.3, 0.4) is 0 Å². The summed E-state index contributed by atoms with van der Waals surface area (Å²) in [5, 5.41) is 4.68. The number of sulfone groups is 1. The molecule has 104 valence electrons. The summed E-state index contributed by atoms with van der Waals surface area (Å²) in [6.07, 6.45) is 1.74. The third-order valence-corrected chi connectivity index (χ3v) is 5.14. The molecule has 19 heavy (non-hydrogen) atoms. The summed E-state index contributed by atoms with van der Waals surface area (Å²) >= 11 is 0. The highest BCUT2D eigenvalue weighted by Gasteiger charge is 2.23. The van der Waals surface area contributed by atoms with Gasteiger partial charge >= 0.3 is 0 Å². The molecule has 1 aromatic rings. The Bertz CT molecular complexity index is 617. The molecule has 2 atom stereocenters. The summed E-state index contributed by atoms with van der Waals surface area (Å²) < 4.78 is 22.8. The minimum absolute atomic E-state index is 0.0824. The Balaban J connectivity index is 2.15. The van der Waals surface area contributed by atoms with Crippen LogP contribution in [0.5, 0.6) is 0 Å². The molecule has 1 aromatic carbocycles. The van der Waals surface area contributed by atoms with Gasteiger partial charge in [-0.1, -0.05) is 18.2 Å². The topological polar surface area (TPSA) is 46.2 Å². The zero-order valence-electron chi connectivity index (χ0n) is 11.9. The molecule has 2 rings (SSSR count). The molecule has 0 aliphatic carbocycles. The van der Waals surface area contributed by atoms with Crippen molar-refractivity contribution in [3.05, 3.63) is 45.9 Å². The lowest BCUT2D eigenvalue weighted by Gasteiger charge is -2.21. The van der Waals surface area contributed by atoms with E-state index < -0.39 is 9.84 Å². The van der Waals surface area contributed by atoms with Crippen molar-refractivity contribution in [2.45, 2.75) is 39.8 Å². The van der Waals surface area contributed by atoms with E-state index in [1.54, 1.807) is 6.08 Å². The molecule has 0 saturated heterocycles.